The zero-order valence-corrected chi connectivity index (χ0v) is 13.9. The predicted molar refractivity (Wildman–Crippen MR) is 85.6 cm³/mol. The number of thioether (sulfide) groups is 1. The van der Waals surface area contributed by atoms with Gasteiger partial charge in [0.15, 0.2) is 0 Å². The van der Waals surface area contributed by atoms with Gasteiger partial charge in [-0.25, -0.2) is 9.97 Å². The van der Waals surface area contributed by atoms with Gasteiger partial charge in [0.25, 0.3) is 0 Å². The number of nitrogens with zero attached hydrogens (tertiary/aromatic N) is 2. The van der Waals surface area contributed by atoms with Crippen molar-refractivity contribution in [3.8, 4) is 0 Å². The minimum absolute atomic E-state index is 0.398. The van der Waals surface area contributed by atoms with Crippen molar-refractivity contribution in [1.82, 2.24) is 9.97 Å². The Morgan fingerprint density at radius 1 is 1.29 bits per heavy atom. The molecule has 1 aliphatic rings. The summed E-state index contributed by atoms with van der Waals surface area (Å²) in [5.74, 6) is 0.578. The second kappa shape index (κ2) is 7.25. The van der Waals surface area contributed by atoms with Gasteiger partial charge in [-0.3, -0.25) is 4.79 Å². The van der Waals surface area contributed by atoms with Crippen LogP contribution in [0.1, 0.15) is 55.4 Å². The number of aryl methyl sites for hydroxylation is 2. The van der Waals surface area contributed by atoms with E-state index in [1.807, 2.05) is 25.6 Å². The van der Waals surface area contributed by atoms with E-state index in [4.69, 9.17) is 5.11 Å². The lowest BCUT2D eigenvalue weighted by molar-refractivity contribution is -0.141. The summed E-state index contributed by atoms with van der Waals surface area (Å²) in [7, 11) is 0. The van der Waals surface area contributed by atoms with Gasteiger partial charge in [-0.15, -0.1) is 0 Å². The van der Waals surface area contributed by atoms with Crippen LogP contribution in [0.25, 0.3) is 0 Å². The Labute approximate surface area is 130 Å². The first kappa shape index (κ1) is 16.3. The Hall–Kier alpha value is -1.10. The largest absolute Gasteiger partial charge is 0.481 e. The van der Waals surface area contributed by atoms with E-state index in [-0.39, 0.29) is 0 Å². The van der Waals surface area contributed by atoms with Crippen LogP contribution in [-0.4, -0.2) is 26.3 Å². The van der Waals surface area contributed by atoms with Gasteiger partial charge in [0.05, 0.1) is 11.7 Å². The summed E-state index contributed by atoms with van der Waals surface area (Å²) >= 11 is 1.96. The van der Waals surface area contributed by atoms with Gasteiger partial charge in [0, 0.05) is 16.6 Å². The number of aliphatic carboxylic acids is 1. The lowest BCUT2D eigenvalue weighted by Crippen LogP contribution is -2.15. The fourth-order valence-electron chi connectivity index (χ4n) is 2.81. The van der Waals surface area contributed by atoms with Gasteiger partial charge in [0.1, 0.15) is 5.82 Å². The summed E-state index contributed by atoms with van der Waals surface area (Å²) in [5, 5.41) is 9.81. The lowest BCUT2D eigenvalue weighted by atomic mass is 9.99. The summed E-state index contributed by atoms with van der Waals surface area (Å²) in [6.07, 6.45) is 5.84. The van der Waals surface area contributed by atoms with E-state index in [0.29, 0.717) is 6.42 Å². The molecule has 1 unspecified atom stereocenters. The highest BCUT2D eigenvalue weighted by Crippen LogP contribution is 2.31. The Kier molecular flexibility index (Phi) is 5.62. The fraction of sp³-hybridized carbons (Fsp3) is 0.688. The van der Waals surface area contributed by atoms with Crippen molar-refractivity contribution >= 4 is 17.7 Å². The summed E-state index contributed by atoms with van der Waals surface area (Å²) < 4.78 is 0. The Morgan fingerprint density at radius 2 is 1.86 bits per heavy atom. The van der Waals surface area contributed by atoms with E-state index in [9.17, 15) is 4.79 Å². The van der Waals surface area contributed by atoms with Crippen molar-refractivity contribution in [3.05, 3.63) is 22.8 Å². The number of aromatic nitrogens is 2. The van der Waals surface area contributed by atoms with Crippen molar-refractivity contribution in [3.63, 3.8) is 0 Å². The van der Waals surface area contributed by atoms with Gasteiger partial charge >= 0.3 is 5.97 Å². The van der Waals surface area contributed by atoms with Crippen LogP contribution < -0.4 is 0 Å². The number of hydrogen-bond acceptors (Lipinski definition) is 4. The SMILES string of the molecule is Cc1nc(CSC2CCCC2)nc(C)c1CC(C)C(=O)O. The van der Waals surface area contributed by atoms with Crippen LogP contribution in [0.4, 0.5) is 0 Å². The zero-order valence-electron chi connectivity index (χ0n) is 13.1. The van der Waals surface area contributed by atoms with E-state index in [1.54, 1.807) is 6.92 Å². The number of rotatable bonds is 6. The molecule has 1 aliphatic carbocycles. The number of carboxylic acids is 1. The normalized spacial score (nSPS) is 17.1. The molecule has 0 spiro atoms. The predicted octanol–water partition coefficient (Wildman–Crippen LogP) is 3.53. The van der Waals surface area contributed by atoms with Gasteiger partial charge in [0.2, 0.25) is 0 Å². The third-order valence-electron chi connectivity index (χ3n) is 4.15. The van der Waals surface area contributed by atoms with Crippen molar-refractivity contribution in [1.29, 1.82) is 0 Å². The topological polar surface area (TPSA) is 63.1 Å². The maximum atomic E-state index is 11.0. The third kappa shape index (κ3) is 4.43. The van der Waals surface area contributed by atoms with E-state index >= 15 is 0 Å². The van der Waals surface area contributed by atoms with Crippen molar-refractivity contribution in [2.75, 3.05) is 0 Å². The highest BCUT2D eigenvalue weighted by atomic mass is 32.2. The minimum atomic E-state index is -0.769. The summed E-state index contributed by atoms with van der Waals surface area (Å²) in [6, 6.07) is 0. The van der Waals surface area contributed by atoms with Gasteiger partial charge < -0.3 is 5.11 Å². The third-order valence-corrected chi connectivity index (χ3v) is 5.52. The smallest absolute Gasteiger partial charge is 0.306 e. The fourth-order valence-corrected chi connectivity index (χ4v) is 3.99. The van der Waals surface area contributed by atoms with Gasteiger partial charge in [-0.1, -0.05) is 19.8 Å². The van der Waals surface area contributed by atoms with Crippen molar-refractivity contribution < 1.29 is 9.90 Å². The molecule has 1 aromatic rings. The molecule has 0 aromatic carbocycles. The van der Waals surface area contributed by atoms with Crippen molar-refractivity contribution in [2.45, 2.75) is 63.9 Å². The van der Waals surface area contributed by atoms with Crippen LogP contribution in [-0.2, 0) is 17.0 Å². The van der Waals surface area contributed by atoms with Crippen LogP contribution in [0, 0.1) is 19.8 Å². The van der Waals surface area contributed by atoms with E-state index in [1.165, 1.54) is 25.7 Å². The van der Waals surface area contributed by atoms with Gasteiger partial charge in [-0.2, -0.15) is 11.8 Å². The van der Waals surface area contributed by atoms with Crippen LogP contribution in [0.5, 0.6) is 0 Å². The minimum Gasteiger partial charge on any atom is -0.481 e. The summed E-state index contributed by atoms with van der Waals surface area (Å²) in [6.45, 7) is 5.65. The molecule has 1 atom stereocenters. The van der Waals surface area contributed by atoms with E-state index < -0.39 is 11.9 Å². The standard InChI is InChI=1S/C16H24N2O2S/c1-10(16(19)20)8-14-11(2)17-15(18-12(14)3)9-21-13-6-4-5-7-13/h10,13H,4-9H2,1-3H3,(H,19,20). The van der Waals surface area contributed by atoms with Crippen molar-refractivity contribution in [2.24, 2.45) is 5.92 Å². The molecule has 0 saturated heterocycles. The highest BCUT2D eigenvalue weighted by molar-refractivity contribution is 7.99. The Bertz CT molecular complexity index is 490. The quantitative estimate of drug-likeness (QED) is 0.871. The first-order valence-electron chi connectivity index (χ1n) is 7.64. The zero-order chi connectivity index (χ0) is 15.4. The number of carboxylic acid groups (broad SMARTS) is 1. The highest BCUT2D eigenvalue weighted by Gasteiger charge is 2.18. The first-order valence-corrected chi connectivity index (χ1v) is 8.69. The number of hydrogen-bond donors (Lipinski definition) is 1. The molecule has 21 heavy (non-hydrogen) atoms. The molecule has 1 aromatic heterocycles. The maximum Gasteiger partial charge on any atom is 0.306 e. The van der Waals surface area contributed by atoms with E-state index in [2.05, 4.69) is 9.97 Å². The molecule has 1 fully saturated rings. The first-order chi connectivity index (χ1) is 9.97. The summed E-state index contributed by atoms with van der Waals surface area (Å²) in [4.78, 5) is 20.2. The van der Waals surface area contributed by atoms with Gasteiger partial charge in [-0.05, 0) is 38.7 Å². The molecule has 4 nitrogen and oxygen atoms in total. The molecule has 0 amide bonds. The second-order valence-corrected chi connectivity index (χ2v) is 7.24. The molecule has 1 saturated carbocycles. The molecule has 116 valence electrons. The molecule has 1 N–H and O–H groups in total. The average Bonchev–Trinajstić information content (AvgIpc) is 2.93. The molecule has 5 heteroatoms. The Morgan fingerprint density at radius 3 is 2.38 bits per heavy atom. The average molecular weight is 308 g/mol. The van der Waals surface area contributed by atoms with Crippen LogP contribution in [0.15, 0.2) is 0 Å². The molecule has 0 radical (unpaired) electrons. The molecular weight excluding hydrogens is 284 g/mol. The molecule has 1 heterocycles. The van der Waals surface area contributed by atoms with Crippen LogP contribution >= 0.6 is 11.8 Å². The van der Waals surface area contributed by atoms with E-state index in [0.717, 1.165) is 33.8 Å². The molecular formula is C16H24N2O2S. The molecule has 0 bridgehead atoms. The number of carbonyl (C=O) groups is 1. The van der Waals surface area contributed by atoms with Crippen LogP contribution in [0.3, 0.4) is 0 Å². The second-order valence-electron chi connectivity index (χ2n) is 5.95. The molecule has 0 aliphatic heterocycles. The lowest BCUT2D eigenvalue weighted by Gasteiger charge is -2.14. The Balaban J connectivity index is 2.03. The molecule has 2 rings (SSSR count). The van der Waals surface area contributed by atoms with Crippen LogP contribution in [0.2, 0.25) is 0 Å². The summed E-state index contributed by atoms with van der Waals surface area (Å²) in [5.41, 5.74) is 2.84. The monoisotopic (exact) mass is 308 g/mol. The maximum absolute atomic E-state index is 11.0.